The summed E-state index contributed by atoms with van der Waals surface area (Å²) in [6.07, 6.45) is -6.64. The van der Waals surface area contributed by atoms with Crippen LogP contribution in [0, 0.1) is 0 Å². The SMILES string of the molecule is COc1c2c(c(OC)c3occc13)O[C@@](O)(C(F)(F)C(F)(F)F)CC2=O. The van der Waals surface area contributed by atoms with Crippen LogP contribution in [0.3, 0.4) is 0 Å². The lowest BCUT2D eigenvalue weighted by molar-refractivity contribution is -0.384. The molecule has 0 aliphatic carbocycles. The third-order valence-electron chi connectivity index (χ3n) is 3.98. The van der Waals surface area contributed by atoms with E-state index < -0.39 is 47.2 Å². The molecule has 2 heterocycles. The van der Waals surface area contributed by atoms with Gasteiger partial charge in [-0.3, -0.25) is 4.79 Å². The lowest BCUT2D eigenvalue weighted by Gasteiger charge is -2.39. The molecule has 1 N–H and O–H groups in total. The summed E-state index contributed by atoms with van der Waals surface area (Å²) in [6.45, 7) is 0. The third-order valence-corrected chi connectivity index (χ3v) is 3.98. The topological polar surface area (TPSA) is 78.1 Å². The molecule has 11 heteroatoms. The van der Waals surface area contributed by atoms with E-state index >= 15 is 0 Å². The fraction of sp³-hybridized carbons (Fsp3) is 0.400. The number of fused-ring (bicyclic) bond motifs is 2. The van der Waals surface area contributed by atoms with Gasteiger partial charge in [0.1, 0.15) is 11.3 Å². The molecule has 0 saturated carbocycles. The number of ketones is 1. The predicted molar refractivity (Wildman–Crippen MR) is 74.8 cm³/mol. The van der Waals surface area contributed by atoms with Crippen molar-refractivity contribution in [2.45, 2.75) is 24.3 Å². The van der Waals surface area contributed by atoms with Gasteiger partial charge in [0.15, 0.2) is 17.1 Å². The Balaban J connectivity index is 2.30. The maximum atomic E-state index is 13.8. The van der Waals surface area contributed by atoms with Gasteiger partial charge < -0.3 is 23.7 Å². The van der Waals surface area contributed by atoms with E-state index in [1.165, 1.54) is 12.3 Å². The number of carbonyl (C=O) groups excluding carboxylic acids is 1. The normalized spacial score (nSPS) is 20.7. The molecule has 0 radical (unpaired) electrons. The minimum atomic E-state index is -6.16. The van der Waals surface area contributed by atoms with Gasteiger partial charge in [-0.2, -0.15) is 22.0 Å². The van der Waals surface area contributed by atoms with Crippen LogP contribution in [0.5, 0.6) is 17.2 Å². The summed E-state index contributed by atoms with van der Waals surface area (Å²) in [5, 5.41) is 10.1. The van der Waals surface area contributed by atoms with Gasteiger partial charge in [0, 0.05) is 0 Å². The van der Waals surface area contributed by atoms with Crippen molar-refractivity contribution in [3.8, 4) is 17.2 Å². The van der Waals surface area contributed by atoms with Crippen LogP contribution in [-0.4, -0.2) is 43.0 Å². The van der Waals surface area contributed by atoms with E-state index in [1.54, 1.807) is 0 Å². The van der Waals surface area contributed by atoms with Gasteiger partial charge in [-0.05, 0) is 6.07 Å². The van der Waals surface area contributed by atoms with Crippen molar-refractivity contribution in [3.63, 3.8) is 0 Å². The van der Waals surface area contributed by atoms with E-state index in [4.69, 9.17) is 13.9 Å². The average Bonchev–Trinajstić information content (AvgIpc) is 3.00. The monoisotopic (exact) mass is 382 g/mol. The van der Waals surface area contributed by atoms with Crippen molar-refractivity contribution >= 4 is 16.8 Å². The standard InChI is InChI=1S/C15H11F5O6/c1-23-9-6-3-4-25-10(6)12(24-2)11-8(9)7(21)5-13(22,26-11)14(16,17)15(18,19)20/h3-4,22H,5H2,1-2H3/t13-/m1/s1. The highest BCUT2D eigenvalue weighted by Gasteiger charge is 2.74. The Morgan fingerprint density at radius 2 is 1.77 bits per heavy atom. The number of ether oxygens (including phenoxy) is 3. The Morgan fingerprint density at radius 3 is 2.31 bits per heavy atom. The van der Waals surface area contributed by atoms with Crippen molar-refractivity contribution in [2.24, 2.45) is 0 Å². The molecule has 0 spiro atoms. The van der Waals surface area contributed by atoms with E-state index in [9.17, 15) is 31.9 Å². The Bertz CT molecular complexity index is 887. The van der Waals surface area contributed by atoms with E-state index in [0.29, 0.717) is 0 Å². The first-order chi connectivity index (χ1) is 12.0. The van der Waals surface area contributed by atoms with Gasteiger partial charge >= 0.3 is 12.1 Å². The zero-order valence-electron chi connectivity index (χ0n) is 13.2. The van der Waals surface area contributed by atoms with E-state index in [2.05, 4.69) is 4.74 Å². The highest BCUT2D eigenvalue weighted by atomic mass is 19.4. The quantitative estimate of drug-likeness (QED) is 0.821. The highest BCUT2D eigenvalue weighted by molar-refractivity contribution is 6.10. The molecular weight excluding hydrogens is 371 g/mol. The molecule has 1 aromatic carbocycles. The van der Waals surface area contributed by atoms with Crippen LogP contribution in [0.25, 0.3) is 11.0 Å². The first kappa shape index (κ1) is 18.2. The zero-order chi connectivity index (χ0) is 19.5. The molecule has 0 saturated heterocycles. The Labute approximate surface area is 142 Å². The number of rotatable bonds is 3. The number of halogens is 5. The van der Waals surface area contributed by atoms with E-state index in [0.717, 1.165) is 14.2 Å². The van der Waals surface area contributed by atoms with Gasteiger partial charge in [-0.15, -0.1) is 0 Å². The summed E-state index contributed by atoms with van der Waals surface area (Å²) in [6, 6.07) is 1.38. The Hall–Kier alpha value is -2.56. The molecule has 1 atom stereocenters. The highest BCUT2D eigenvalue weighted by Crippen LogP contribution is 2.54. The second-order valence-corrected chi connectivity index (χ2v) is 5.49. The van der Waals surface area contributed by atoms with Crippen molar-refractivity contribution in [3.05, 3.63) is 17.9 Å². The van der Waals surface area contributed by atoms with E-state index in [1.807, 2.05) is 0 Å². The molecule has 142 valence electrons. The average molecular weight is 382 g/mol. The zero-order valence-corrected chi connectivity index (χ0v) is 13.2. The summed E-state index contributed by atoms with van der Waals surface area (Å²) in [7, 11) is 2.22. The van der Waals surface area contributed by atoms with Crippen LogP contribution < -0.4 is 14.2 Å². The van der Waals surface area contributed by atoms with Crippen LogP contribution in [-0.2, 0) is 0 Å². The number of Topliss-reactive ketones (excluding diaryl/α,β-unsaturated/α-hetero) is 1. The second kappa shape index (κ2) is 5.47. The van der Waals surface area contributed by atoms with Crippen molar-refractivity contribution in [2.75, 3.05) is 14.2 Å². The number of methoxy groups -OCH3 is 2. The van der Waals surface area contributed by atoms with Crippen LogP contribution in [0.2, 0.25) is 0 Å². The van der Waals surface area contributed by atoms with Crippen LogP contribution in [0.4, 0.5) is 22.0 Å². The summed E-state index contributed by atoms with van der Waals surface area (Å²) >= 11 is 0. The molecule has 26 heavy (non-hydrogen) atoms. The molecule has 2 aromatic rings. The number of furan rings is 1. The molecule has 3 rings (SSSR count). The summed E-state index contributed by atoms with van der Waals surface area (Å²) in [5.74, 6) is -12.5. The Kier molecular flexibility index (Phi) is 3.83. The number of carbonyl (C=O) groups is 1. The smallest absolute Gasteiger partial charge is 0.460 e. The largest absolute Gasteiger partial charge is 0.495 e. The molecule has 0 fully saturated rings. The minimum absolute atomic E-state index is 0.115. The van der Waals surface area contributed by atoms with Crippen molar-refractivity contribution < 1.29 is 50.5 Å². The number of benzene rings is 1. The predicted octanol–water partition coefficient (Wildman–Crippen LogP) is 3.30. The second-order valence-electron chi connectivity index (χ2n) is 5.49. The number of hydrogen-bond donors (Lipinski definition) is 1. The molecule has 0 bridgehead atoms. The maximum Gasteiger partial charge on any atom is 0.460 e. The number of aliphatic hydroxyl groups is 1. The van der Waals surface area contributed by atoms with Gasteiger partial charge in [0.2, 0.25) is 5.75 Å². The summed E-state index contributed by atoms with van der Waals surface area (Å²) in [4.78, 5) is 12.4. The fourth-order valence-electron chi connectivity index (χ4n) is 2.77. The molecule has 1 aliphatic heterocycles. The molecule has 1 aromatic heterocycles. The van der Waals surface area contributed by atoms with Crippen LogP contribution in [0.15, 0.2) is 16.7 Å². The summed E-state index contributed by atoms with van der Waals surface area (Å²) < 4.78 is 85.5. The van der Waals surface area contributed by atoms with Gasteiger partial charge in [-0.1, -0.05) is 0 Å². The van der Waals surface area contributed by atoms with Gasteiger partial charge in [0.25, 0.3) is 5.79 Å². The van der Waals surface area contributed by atoms with Crippen LogP contribution >= 0.6 is 0 Å². The number of hydrogen-bond acceptors (Lipinski definition) is 6. The molecule has 0 unspecified atom stereocenters. The fourth-order valence-corrected chi connectivity index (χ4v) is 2.77. The van der Waals surface area contributed by atoms with Crippen LogP contribution in [0.1, 0.15) is 16.8 Å². The molecule has 6 nitrogen and oxygen atoms in total. The molecule has 1 aliphatic rings. The molecular formula is C15H11F5O6. The Morgan fingerprint density at radius 1 is 1.15 bits per heavy atom. The van der Waals surface area contributed by atoms with Crippen molar-refractivity contribution in [1.82, 2.24) is 0 Å². The van der Waals surface area contributed by atoms with E-state index in [-0.39, 0.29) is 16.7 Å². The lowest BCUT2D eigenvalue weighted by atomic mass is 9.92. The van der Waals surface area contributed by atoms with Gasteiger partial charge in [0.05, 0.1) is 32.3 Å². The summed E-state index contributed by atoms with van der Waals surface area (Å²) in [5.41, 5.74) is -0.545. The minimum Gasteiger partial charge on any atom is -0.495 e. The third kappa shape index (κ3) is 2.23. The number of alkyl halides is 5. The lowest BCUT2D eigenvalue weighted by Crippen LogP contribution is -2.62. The van der Waals surface area contributed by atoms with Gasteiger partial charge in [-0.25, -0.2) is 0 Å². The first-order valence-electron chi connectivity index (χ1n) is 7.02. The van der Waals surface area contributed by atoms with Crippen molar-refractivity contribution in [1.29, 1.82) is 0 Å². The first-order valence-corrected chi connectivity index (χ1v) is 7.02. The molecule has 0 amide bonds. The maximum absolute atomic E-state index is 13.8.